The normalized spacial score (nSPS) is 10.7. The summed E-state index contributed by atoms with van der Waals surface area (Å²) >= 11 is 0. The lowest BCUT2D eigenvalue weighted by Crippen LogP contribution is -2.10. The first-order valence-corrected chi connectivity index (χ1v) is 6.40. The average Bonchev–Trinajstić information content (AvgIpc) is 2.80. The maximum absolute atomic E-state index is 5.87. The number of imidazole rings is 1. The van der Waals surface area contributed by atoms with Crippen molar-refractivity contribution in [3.8, 4) is 5.75 Å². The van der Waals surface area contributed by atoms with E-state index in [1.165, 1.54) is 0 Å². The number of aromatic nitrogens is 2. The molecule has 2 aromatic rings. The Kier molecular flexibility index (Phi) is 4.28. The second kappa shape index (κ2) is 6.13. The number of ether oxygens (including phenoxy) is 1. The van der Waals surface area contributed by atoms with Crippen LogP contribution in [0.25, 0.3) is 0 Å². The maximum Gasteiger partial charge on any atom is 0.123 e. The summed E-state index contributed by atoms with van der Waals surface area (Å²) in [5.41, 5.74) is 7.53. The van der Waals surface area contributed by atoms with Crippen molar-refractivity contribution < 1.29 is 4.74 Å². The van der Waals surface area contributed by atoms with Crippen molar-refractivity contribution in [3.63, 3.8) is 0 Å². The zero-order valence-corrected chi connectivity index (χ0v) is 11.3. The molecule has 0 spiro atoms. The van der Waals surface area contributed by atoms with E-state index in [1.807, 2.05) is 42.8 Å². The van der Waals surface area contributed by atoms with Crippen molar-refractivity contribution in [1.82, 2.24) is 9.55 Å². The number of nitrogen functional groups attached to an aromatic ring is 1. The number of nitrogens with two attached hydrogens (primary N) is 1. The minimum atomic E-state index is 0.139. The van der Waals surface area contributed by atoms with Crippen LogP contribution >= 0.6 is 0 Å². The van der Waals surface area contributed by atoms with E-state index < -0.39 is 0 Å². The van der Waals surface area contributed by atoms with Crippen LogP contribution < -0.4 is 15.8 Å². The predicted octanol–water partition coefficient (Wildman–Crippen LogP) is 2.36. The first-order chi connectivity index (χ1) is 9.13. The fourth-order valence-corrected chi connectivity index (χ4v) is 1.81. The Hall–Kier alpha value is -2.17. The second-order valence-corrected chi connectivity index (χ2v) is 4.68. The van der Waals surface area contributed by atoms with Crippen molar-refractivity contribution in [3.05, 3.63) is 36.9 Å². The van der Waals surface area contributed by atoms with Crippen LogP contribution in [0.5, 0.6) is 5.75 Å². The minimum Gasteiger partial charge on any atom is -0.491 e. The van der Waals surface area contributed by atoms with Crippen molar-refractivity contribution >= 4 is 11.4 Å². The Labute approximate surface area is 113 Å². The largest absolute Gasteiger partial charge is 0.491 e. The molecule has 0 fully saturated rings. The molecule has 1 heterocycles. The fraction of sp³-hybridized carbons (Fsp3) is 0.357. The summed E-state index contributed by atoms with van der Waals surface area (Å²) in [6, 6.07) is 5.70. The fourth-order valence-electron chi connectivity index (χ4n) is 1.81. The van der Waals surface area contributed by atoms with Crippen LogP contribution in [-0.4, -0.2) is 22.2 Å². The van der Waals surface area contributed by atoms with Crippen molar-refractivity contribution in [2.75, 3.05) is 17.6 Å². The Balaban J connectivity index is 1.93. The van der Waals surface area contributed by atoms with Gasteiger partial charge in [-0.1, -0.05) is 0 Å². The van der Waals surface area contributed by atoms with E-state index in [-0.39, 0.29) is 6.10 Å². The van der Waals surface area contributed by atoms with Crippen LogP contribution in [0.4, 0.5) is 11.4 Å². The van der Waals surface area contributed by atoms with Gasteiger partial charge in [-0.25, -0.2) is 4.98 Å². The molecular weight excluding hydrogens is 240 g/mol. The summed E-state index contributed by atoms with van der Waals surface area (Å²) in [5.74, 6) is 0.792. The van der Waals surface area contributed by atoms with E-state index in [4.69, 9.17) is 10.5 Å². The highest BCUT2D eigenvalue weighted by atomic mass is 16.5. The molecule has 19 heavy (non-hydrogen) atoms. The molecule has 0 unspecified atom stereocenters. The summed E-state index contributed by atoms with van der Waals surface area (Å²) in [4.78, 5) is 4.00. The molecular formula is C14H20N4O. The van der Waals surface area contributed by atoms with E-state index in [2.05, 4.69) is 10.3 Å². The molecule has 0 aliphatic heterocycles. The van der Waals surface area contributed by atoms with Gasteiger partial charge in [0, 0.05) is 49.0 Å². The first kappa shape index (κ1) is 13.3. The van der Waals surface area contributed by atoms with Gasteiger partial charge in [-0.3, -0.25) is 0 Å². The summed E-state index contributed by atoms with van der Waals surface area (Å²) < 4.78 is 7.67. The minimum absolute atomic E-state index is 0.139. The van der Waals surface area contributed by atoms with Gasteiger partial charge in [0.05, 0.1) is 12.4 Å². The zero-order valence-electron chi connectivity index (χ0n) is 11.3. The third-order valence-electron chi connectivity index (χ3n) is 2.56. The van der Waals surface area contributed by atoms with E-state index in [0.717, 1.165) is 24.5 Å². The van der Waals surface area contributed by atoms with Gasteiger partial charge in [0.1, 0.15) is 5.75 Å². The number of hydrogen-bond donors (Lipinski definition) is 2. The van der Waals surface area contributed by atoms with Gasteiger partial charge in [-0.05, 0) is 19.9 Å². The molecule has 102 valence electrons. The number of rotatable bonds is 6. The second-order valence-electron chi connectivity index (χ2n) is 4.68. The molecule has 0 aliphatic carbocycles. The van der Waals surface area contributed by atoms with Crippen molar-refractivity contribution in [1.29, 1.82) is 0 Å². The number of nitrogens with zero attached hydrogens (tertiary/aromatic N) is 2. The third-order valence-corrected chi connectivity index (χ3v) is 2.56. The average molecular weight is 260 g/mol. The highest BCUT2D eigenvalue weighted by molar-refractivity contribution is 5.59. The van der Waals surface area contributed by atoms with E-state index in [0.29, 0.717) is 5.69 Å². The molecule has 2 rings (SSSR count). The summed E-state index contributed by atoms with van der Waals surface area (Å²) in [5, 5.41) is 3.33. The van der Waals surface area contributed by atoms with Gasteiger partial charge in [-0.2, -0.15) is 0 Å². The first-order valence-electron chi connectivity index (χ1n) is 6.40. The molecule has 5 heteroatoms. The molecule has 0 amide bonds. The lowest BCUT2D eigenvalue weighted by molar-refractivity contribution is 0.242. The summed E-state index contributed by atoms with van der Waals surface area (Å²) in [6.45, 7) is 5.65. The van der Waals surface area contributed by atoms with Gasteiger partial charge in [-0.15, -0.1) is 0 Å². The van der Waals surface area contributed by atoms with Crippen LogP contribution in [0.2, 0.25) is 0 Å². The maximum atomic E-state index is 5.87. The van der Waals surface area contributed by atoms with E-state index in [9.17, 15) is 0 Å². The van der Waals surface area contributed by atoms with Gasteiger partial charge < -0.3 is 20.4 Å². The van der Waals surface area contributed by atoms with Gasteiger partial charge >= 0.3 is 0 Å². The van der Waals surface area contributed by atoms with Gasteiger partial charge in [0.2, 0.25) is 0 Å². The van der Waals surface area contributed by atoms with Crippen LogP contribution in [0.1, 0.15) is 13.8 Å². The van der Waals surface area contributed by atoms with Crippen LogP contribution in [-0.2, 0) is 6.54 Å². The van der Waals surface area contributed by atoms with Crippen LogP contribution in [0, 0.1) is 0 Å². The third kappa shape index (κ3) is 4.21. The van der Waals surface area contributed by atoms with E-state index in [1.54, 1.807) is 12.5 Å². The van der Waals surface area contributed by atoms with E-state index >= 15 is 0 Å². The van der Waals surface area contributed by atoms with Crippen LogP contribution in [0.3, 0.4) is 0 Å². The van der Waals surface area contributed by atoms with Gasteiger partial charge in [0.15, 0.2) is 0 Å². The monoisotopic (exact) mass is 260 g/mol. The smallest absolute Gasteiger partial charge is 0.123 e. The highest BCUT2D eigenvalue weighted by Gasteiger charge is 2.02. The molecule has 5 nitrogen and oxygen atoms in total. The Morgan fingerprint density at radius 3 is 2.89 bits per heavy atom. The standard InChI is InChI=1S/C14H20N4O/c1-11(2)19-14-8-12(15)7-13(9-14)17-4-6-18-5-3-16-10-18/h3,5,7-11,17H,4,6,15H2,1-2H3. The molecule has 0 saturated heterocycles. The Bertz CT molecular complexity index is 508. The lowest BCUT2D eigenvalue weighted by Gasteiger charge is -2.13. The molecule has 3 N–H and O–H groups in total. The number of nitrogens with one attached hydrogen (secondary N) is 1. The van der Waals surface area contributed by atoms with Crippen molar-refractivity contribution in [2.24, 2.45) is 0 Å². The number of benzene rings is 1. The molecule has 0 aliphatic rings. The van der Waals surface area contributed by atoms with Crippen molar-refractivity contribution in [2.45, 2.75) is 26.5 Å². The Morgan fingerprint density at radius 1 is 1.37 bits per heavy atom. The highest BCUT2D eigenvalue weighted by Crippen LogP contribution is 2.23. The Morgan fingerprint density at radius 2 is 2.21 bits per heavy atom. The lowest BCUT2D eigenvalue weighted by atomic mass is 10.2. The quantitative estimate of drug-likeness (QED) is 0.783. The molecule has 1 aromatic heterocycles. The van der Waals surface area contributed by atoms with Gasteiger partial charge in [0.25, 0.3) is 0 Å². The molecule has 1 aromatic carbocycles. The summed E-state index contributed by atoms with van der Waals surface area (Å²) in [6.07, 6.45) is 5.65. The zero-order chi connectivity index (χ0) is 13.7. The van der Waals surface area contributed by atoms with Crippen LogP contribution in [0.15, 0.2) is 36.9 Å². The molecule has 0 radical (unpaired) electrons. The number of anilines is 2. The predicted molar refractivity (Wildman–Crippen MR) is 77.3 cm³/mol. The summed E-state index contributed by atoms with van der Waals surface area (Å²) in [7, 11) is 0. The SMILES string of the molecule is CC(C)Oc1cc(N)cc(NCCn2ccnc2)c1. The molecule has 0 bridgehead atoms. The molecule has 0 saturated carbocycles. The molecule has 0 atom stereocenters. The topological polar surface area (TPSA) is 65.1 Å². The number of hydrogen-bond acceptors (Lipinski definition) is 4.